The molecule has 0 radical (unpaired) electrons. The minimum absolute atomic E-state index is 0.0260. The number of thiophene rings is 1. The van der Waals surface area contributed by atoms with Gasteiger partial charge in [-0.2, -0.15) is 0 Å². The van der Waals surface area contributed by atoms with Gasteiger partial charge in [0.25, 0.3) is 0 Å². The van der Waals surface area contributed by atoms with Crippen LogP contribution in [-0.4, -0.2) is 30.7 Å². The summed E-state index contributed by atoms with van der Waals surface area (Å²) in [6.07, 6.45) is 9.08. The van der Waals surface area contributed by atoms with Crippen LogP contribution in [0.5, 0.6) is 0 Å². The predicted octanol–water partition coefficient (Wildman–Crippen LogP) is 3.76. The van der Waals surface area contributed by atoms with Crippen LogP contribution in [0.4, 0.5) is 5.69 Å². The highest BCUT2D eigenvalue weighted by Gasteiger charge is 2.28. The standard InChI is InChI=1S/C18H24N2O2S2/c1-2-14-10-15-18(24-14)23-12-17(22)20(15)11-16(21)19-9-8-13-6-4-3-5-7-13/h6,10H,2-5,7-9,11-12H2,1H3,(H,19,21). The topological polar surface area (TPSA) is 49.4 Å². The van der Waals surface area contributed by atoms with Crippen molar-refractivity contribution in [3.8, 4) is 0 Å². The fourth-order valence-electron chi connectivity index (χ4n) is 3.08. The molecule has 0 atom stereocenters. The van der Waals surface area contributed by atoms with E-state index in [0.717, 1.165) is 29.2 Å². The number of anilines is 1. The van der Waals surface area contributed by atoms with Crippen molar-refractivity contribution in [2.75, 3.05) is 23.7 Å². The Kier molecular flexibility index (Phi) is 6.00. The van der Waals surface area contributed by atoms with E-state index in [0.29, 0.717) is 12.3 Å². The number of thioether (sulfide) groups is 1. The smallest absolute Gasteiger partial charge is 0.240 e. The number of nitrogens with zero attached hydrogens (tertiary/aromatic N) is 1. The molecule has 2 amide bonds. The summed E-state index contributed by atoms with van der Waals surface area (Å²) in [6.45, 7) is 2.91. The summed E-state index contributed by atoms with van der Waals surface area (Å²) < 4.78 is 1.16. The molecule has 2 aliphatic rings. The molecule has 0 saturated carbocycles. The maximum absolute atomic E-state index is 12.3. The molecule has 1 N–H and O–H groups in total. The van der Waals surface area contributed by atoms with E-state index in [2.05, 4.69) is 24.4 Å². The number of amides is 2. The van der Waals surface area contributed by atoms with E-state index in [4.69, 9.17) is 0 Å². The summed E-state index contributed by atoms with van der Waals surface area (Å²) >= 11 is 3.32. The third-order valence-electron chi connectivity index (χ3n) is 4.45. The van der Waals surface area contributed by atoms with Gasteiger partial charge in [-0.3, -0.25) is 9.59 Å². The molecule has 2 heterocycles. The Hall–Kier alpha value is -1.27. The quantitative estimate of drug-likeness (QED) is 0.782. The highest BCUT2D eigenvalue weighted by atomic mass is 32.2. The fourth-order valence-corrected chi connectivity index (χ4v) is 5.37. The van der Waals surface area contributed by atoms with Gasteiger partial charge >= 0.3 is 0 Å². The van der Waals surface area contributed by atoms with Crippen molar-refractivity contribution in [2.24, 2.45) is 0 Å². The van der Waals surface area contributed by atoms with Crippen LogP contribution < -0.4 is 10.2 Å². The fraction of sp³-hybridized carbons (Fsp3) is 0.556. The van der Waals surface area contributed by atoms with Crippen LogP contribution >= 0.6 is 23.1 Å². The molecule has 0 aromatic carbocycles. The number of aryl methyl sites for hydroxylation is 1. The van der Waals surface area contributed by atoms with Crippen LogP contribution in [0.1, 0.15) is 43.9 Å². The van der Waals surface area contributed by atoms with E-state index in [1.54, 1.807) is 28.0 Å². The van der Waals surface area contributed by atoms with E-state index in [1.165, 1.54) is 29.7 Å². The Morgan fingerprint density at radius 2 is 2.25 bits per heavy atom. The van der Waals surface area contributed by atoms with Crippen LogP contribution in [-0.2, 0) is 16.0 Å². The molecule has 6 heteroatoms. The number of hydrogen-bond donors (Lipinski definition) is 1. The van der Waals surface area contributed by atoms with Crippen LogP contribution in [0.3, 0.4) is 0 Å². The second-order valence-electron chi connectivity index (χ2n) is 6.22. The lowest BCUT2D eigenvalue weighted by molar-refractivity contribution is -0.122. The van der Waals surface area contributed by atoms with Crippen molar-refractivity contribution < 1.29 is 9.59 Å². The van der Waals surface area contributed by atoms with Gasteiger partial charge in [0.2, 0.25) is 11.8 Å². The molecule has 130 valence electrons. The number of nitrogens with one attached hydrogen (secondary N) is 1. The third kappa shape index (κ3) is 4.22. The van der Waals surface area contributed by atoms with Gasteiger partial charge in [0.15, 0.2) is 0 Å². The van der Waals surface area contributed by atoms with E-state index < -0.39 is 0 Å². The number of carbonyl (C=O) groups excluding carboxylic acids is 2. The second-order valence-corrected chi connectivity index (χ2v) is 8.60. The minimum Gasteiger partial charge on any atom is -0.354 e. The molecule has 4 nitrogen and oxygen atoms in total. The van der Waals surface area contributed by atoms with E-state index in [1.807, 2.05) is 0 Å². The van der Waals surface area contributed by atoms with Gasteiger partial charge in [-0.15, -0.1) is 23.1 Å². The molecular formula is C18H24N2O2S2. The number of fused-ring (bicyclic) bond motifs is 1. The SMILES string of the molecule is CCc1cc2c(s1)SCC(=O)N2CC(=O)NCCC1=CCCCC1. The monoisotopic (exact) mass is 364 g/mol. The maximum Gasteiger partial charge on any atom is 0.240 e. The molecular weight excluding hydrogens is 340 g/mol. The van der Waals surface area contributed by atoms with Crippen LogP contribution in [0.15, 0.2) is 21.9 Å². The Morgan fingerprint density at radius 3 is 3.00 bits per heavy atom. The van der Waals surface area contributed by atoms with Gasteiger partial charge in [0, 0.05) is 11.4 Å². The van der Waals surface area contributed by atoms with Gasteiger partial charge in [-0.25, -0.2) is 0 Å². The van der Waals surface area contributed by atoms with Crippen molar-refractivity contribution >= 4 is 40.6 Å². The van der Waals surface area contributed by atoms with Crippen LogP contribution in [0, 0.1) is 0 Å². The van der Waals surface area contributed by atoms with Crippen LogP contribution in [0.2, 0.25) is 0 Å². The van der Waals surface area contributed by atoms with Crippen molar-refractivity contribution in [3.63, 3.8) is 0 Å². The summed E-state index contributed by atoms with van der Waals surface area (Å²) in [4.78, 5) is 27.4. The van der Waals surface area contributed by atoms with Crippen LogP contribution in [0.25, 0.3) is 0 Å². The van der Waals surface area contributed by atoms with Gasteiger partial charge in [-0.1, -0.05) is 18.6 Å². The van der Waals surface area contributed by atoms with Gasteiger partial charge in [0.1, 0.15) is 6.54 Å². The lowest BCUT2D eigenvalue weighted by Gasteiger charge is -2.26. The Labute approximate surface area is 151 Å². The molecule has 0 bridgehead atoms. The largest absolute Gasteiger partial charge is 0.354 e. The number of allylic oxidation sites excluding steroid dienone is 1. The summed E-state index contributed by atoms with van der Waals surface area (Å²) in [5.41, 5.74) is 2.38. The third-order valence-corrected chi connectivity index (χ3v) is 6.98. The Morgan fingerprint density at radius 1 is 1.38 bits per heavy atom. The van der Waals surface area contributed by atoms with Crippen molar-refractivity contribution in [3.05, 3.63) is 22.6 Å². The molecule has 0 fully saturated rings. The zero-order valence-electron chi connectivity index (χ0n) is 14.1. The molecule has 3 rings (SSSR count). The first-order chi connectivity index (χ1) is 11.7. The zero-order valence-corrected chi connectivity index (χ0v) is 15.7. The molecule has 0 saturated heterocycles. The maximum atomic E-state index is 12.3. The summed E-state index contributed by atoms with van der Waals surface area (Å²) in [7, 11) is 0. The number of carbonyl (C=O) groups is 2. The zero-order chi connectivity index (χ0) is 16.9. The molecule has 1 aromatic rings. The average Bonchev–Trinajstić information content (AvgIpc) is 3.02. The second kappa shape index (κ2) is 8.21. The van der Waals surface area contributed by atoms with Crippen molar-refractivity contribution in [2.45, 2.75) is 49.7 Å². The molecule has 1 aliphatic heterocycles. The first-order valence-corrected chi connectivity index (χ1v) is 10.5. The lowest BCUT2D eigenvalue weighted by Crippen LogP contribution is -2.43. The normalized spacial score (nSPS) is 17.5. The average molecular weight is 365 g/mol. The lowest BCUT2D eigenvalue weighted by atomic mass is 9.97. The first-order valence-electron chi connectivity index (χ1n) is 8.68. The summed E-state index contributed by atoms with van der Waals surface area (Å²) in [5.74, 6) is 0.386. The van der Waals surface area contributed by atoms with E-state index in [9.17, 15) is 9.59 Å². The van der Waals surface area contributed by atoms with E-state index in [-0.39, 0.29) is 18.4 Å². The molecule has 24 heavy (non-hydrogen) atoms. The summed E-state index contributed by atoms with van der Waals surface area (Å²) in [5, 5.41) is 2.97. The molecule has 0 spiro atoms. The minimum atomic E-state index is -0.0677. The predicted molar refractivity (Wildman–Crippen MR) is 101 cm³/mol. The summed E-state index contributed by atoms with van der Waals surface area (Å²) in [6, 6.07) is 2.06. The van der Waals surface area contributed by atoms with Crippen molar-refractivity contribution in [1.82, 2.24) is 5.32 Å². The molecule has 0 unspecified atom stereocenters. The number of rotatable bonds is 6. The molecule has 1 aliphatic carbocycles. The van der Waals surface area contributed by atoms with Crippen molar-refractivity contribution in [1.29, 1.82) is 0 Å². The van der Waals surface area contributed by atoms with E-state index >= 15 is 0 Å². The molecule has 1 aromatic heterocycles. The van der Waals surface area contributed by atoms with Gasteiger partial charge < -0.3 is 10.2 Å². The van der Waals surface area contributed by atoms with Gasteiger partial charge in [-0.05, 0) is 44.6 Å². The Bertz CT molecular complexity index is 651. The van der Waals surface area contributed by atoms with Gasteiger partial charge in [0.05, 0.1) is 15.6 Å². The highest BCUT2D eigenvalue weighted by Crippen LogP contribution is 2.42. The Balaban J connectivity index is 1.54. The first kappa shape index (κ1) is 17.5. The highest BCUT2D eigenvalue weighted by molar-refractivity contribution is 8.02. The number of hydrogen-bond acceptors (Lipinski definition) is 4.